The number of thioether (sulfide) groups is 1. The van der Waals surface area contributed by atoms with Crippen LogP contribution in [-0.4, -0.2) is 21.6 Å². The number of hydrogen-bond donors (Lipinski definition) is 1. The number of anilines is 1. The first-order chi connectivity index (χ1) is 13.9. The Hall–Kier alpha value is -1.92. The molecule has 1 aliphatic carbocycles. The standard InChI is InChI=1S/C23H27N3OS2/c1-13(2)21-25-22(20-17-7-5-6-8-18(17)29-23(20)26-21)28-12-19(27)24-16-10-14(3)9-15(4)11-16/h9-11,13H,5-8,12H2,1-4H3,(H,24,27). The topological polar surface area (TPSA) is 54.9 Å². The third-order valence-electron chi connectivity index (χ3n) is 5.16. The molecule has 0 bridgehead atoms. The van der Waals surface area contributed by atoms with E-state index in [1.807, 2.05) is 37.3 Å². The van der Waals surface area contributed by atoms with Gasteiger partial charge in [-0.15, -0.1) is 11.3 Å². The lowest BCUT2D eigenvalue weighted by molar-refractivity contribution is -0.113. The minimum absolute atomic E-state index is 0.00181. The number of aryl methyl sites for hydroxylation is 4. The predicted octanol–water partition coefficient (Wildman–Crippen LogP) is 6.04. The van der Waals surface area contributed by atoms with E-state index in [0.29, 0.717) is 5.75 Å². The summed E-state index contributed by atoms with van der Waals surface area (Å²) in [5.74, 6) is 1.48. The van der Waals surface area contributed by atoms with E-state index in [9.17, 15) is 4.79 Å². The zero-order valence-electron chi connectivity index (χ0n) is 17.5. The highest BCUT2D eigenvalue weighted by atomic mass is 32.2. The van der Waals surface area contributed by atoms with Crippen molar-refractivity contribution in [3.8, 4) is 0 Å². The Morgan fingerprint density at radius 1 is 1.14 bits per heavy atom. The molecule has 1 N–H and O–H groups in total. The number of aromatic nitrogens is 2. The summed E-state index contributed by atoms with van der Waals surface area (Å²) in [6.45, 7) is 8.33. The van der Waals surface area contributed by atoms with Crippen LogP contribution in [-0.2, 0) is 17.6 Å². The molecule has 4 rings (SSSR count). The maximum absolute atomic E-state index is 12.6. The van der Waals surface area contributed by atoms with Gasteiger partial charge in [-0.25, -0.2) is 9.97 Å². The molecule has 0 saturated carbocycles. The lowest BCUT2D eigenvalue weighted by Gasteiger charge is -2.13. The number of hydrogen-bond acceptors (Lipinski definition) is 5. The quantitative estimate of drug-likeness (QED) is 0.400. The van der Waals surface area contributed by atoms with Gasteiger partial charge in [0.2, 0.25) is 5.91 Å². The van der Waals surface area contributed by atoms with Gasteiger partial charge >= 0.3 is 0 Å². The predicted molar refractivity (Wildman–Crippen MR) is 123 cm³/mol. The van der Waals surface area contributed by atoms with E-state index in [4.69, 9.17) is 9.97 Å². The molecule has 1 amide bonds. The second-order valence-corrected chi connectivity index (χ2v) is 10.2. The molecule has 152 valence electrons. The van der Waals surface area contributed by atoms with Gasteiger partial charge in [0.25, 0.3) is 0 Å². The van der Waals surface area contributed by atoms with Crippen molar-refractivity contribution >= 4 is 44.9 Å². The van der Waals surface area contributed by atoms with Gasteiger partial charge in [-0.2, -0.15) is 0 Å². The molecule has 0 spiro atoms. The third-order valence-corrected chi connectivity index (χ3v) is 7.32. The van der Waals surface area contributed by atoms with Gasteiger partial charge in [0.05, 0.1) is 5.75 Å². The summed E-state index contributed by atoms with van der Waals surface area (Å²) < 4.78 is 0. The van der Waals surface area contributed by atoms with Crippen LogP contribution in [0.2, 0.25) is 0 Å². The first kappa shape index (κ1) is 20.4. The Kier molecular flexibility index (Phi) is 5.93. The highest BCUT2D eigenvalue weighted by Gasteiger charge is 2.22. The van der Waals surface area contributed by atoms with Crippen LogP contribution in [0.1, 0.15) is 60.0 Å². The number of amides is 1. The molecule has 2 heterocycles. The minimum atomic E-state index is 0.00181. The van der Waals surface area contributed by atoms with Crippen LogP contribution in [0.25, 0.3) is 10.2 Å². The maximum atomic E-state index is 12.6. The molecule has 0 saturated heterocycles. The molecule has 4 nitrogen and oxygen atoms in total. The van der Waals surface area contributed by atoms with Gasteiger partial charge < -0.3 is 5.32 Å². The largest absolute Gasteiger partial charge is 0.325 e. The first-order valence-electron chi connectivity index (χ1n) is 10.2. The van der Waals surface area contributed by atoms with Crippen LogP contribution in [0.15, 0.2) is 23.2 Å². The van der Waals surface area contributed by atoms with Gasteiger partial charge in [-0.05, 0) is 68.4 Å². The van der Waals surface area contributed by atoms with Crippen LogP contribution in [0.4, 0.5) is 5.69 Å². The number of fused-ring (bicyclic) bond motifs is 3. The highest BCUT2D eigenvalue weighted by Crippen LogP contribution is 2.40. The van der Waals surface area contributed by atoms with E-state index in [1.165, 1.54) is 40.4 Å². The molecule has 29 heavy (non-hydrogen) atoms. The van der Waals surface area contributed by atoms with Crippen molar-refractivity contribution in [2.45, 2.75) is 64.3 Å². The zero-order valence-corrected chi connectivity index (χ0v) is 19.1. The second kappa shape index (κ2) is 8.44. The molecule has 1 aliphatic rings. The Morgan fingerprint density at radius 3 is 2.59 bits per heavy atom. The van der Waals surface area contributed by atoms with E-state index < -0.39 is 0 Å². The fourth-order valence-corrected chi connectivity index (χ4v) is 6.08. The Morgan fingerprint density at radius 2 is 1.86 bits per heavy atom. The summed E-state index contributed by atoms with van der Waals surface area (Å²) in [6, 6.07) is 6.12. The molecule has 2 aromatic heterocycles. The monoisotopic (exact) mass is 425 g/mol. The fraction of sp³-hybridized carbons (Fsp3) is 0.435. The molecular formula is C23H27N3OS2. The molecule has 0 aliphatic heterocycles. The van der Waals surface area contributed by atoms with Crippen LogP contribution in [0.5, 0.6) is 0 Å². The van der Waals surface area contributed by atoms with Gasteiger partial charge in [-0.1, -0.05) is 31.7 Å². The van der Waals surface area contributed by atoms with Crippen molar-refractivity contribution in [3.63, 3.8) is 0 Å². The van der Waals surface area contributed by atoms with Crippen LogP contribution in [0, 0.1) is 13.8 Å². The van der Waals surface area contributed by atoms with E-state index in [0.717, 1.165) is 45.3 Å². The van der Waals surface area contributed by atoms with Gasteiger partial charge in [0, 0.05) is 21.9 Å². The Balaban J connectivity index is 1.59. The minimum Gasteiger partial charge on any atom is -0.325 e. The van der Waals surface area contributed by atoms with E-state index in [2.05, 4.69) is 25.2 Å². The van der Waals surface area contributed by atoms with E-state index in [-0.39, 0.29) is 11.8 Å². The SMILES string of the molecule is Cc1cc(C)cc(NC(=O)CSc2nc(C(C)C)nc3sc4c(c23)CCCC4)c1. The number of nitrogens with zero attached hydrogens (tertiary/aromatic N) is 2. The molecule has 6 heteroatoms. The number of carbonyl (C=O) groups excluding carboxylic acids is 1. The second-order valence-electron chi connectivity index (χ2n) is 8.15. The Bertz CT molecular complexity index is 1050. The van der Waals surface area contributed by atoms with Gasteiger partial charge in [-0.3, -0.25) is 4.79 Å². The lowest BCUT2D eigenvalue weighted by atomic mass is 9.97. The lowest BCUT2D eigenvalue weighted by Crippen LogP contribution is -2.14. The average molecular weight is 426 g/mol. The molecule has 0 atom stereocenters. The summed E-state index contributed by atoms with van der Waals surface area (Å²) in [5, 5.41) is 5.19. The van der Waals surface area contributed by atoms with Crippen molar-refractivity contribution in [2.75, 3.05) is 11.1 Å². The first-order valence-corrected chi connectivity index (χ1v) is 12.0. The van der Waals surface area contributed by atoms with Crippen molar-refractivity contribution in [3.05, 3.63) is 45.6 Å². The number of benzene rings is 1. The summed E-state index contributed by atoms with van der Waals surface area (Å²) in [4.78, 5) is 24.9. The van der Waals surface area contributed by atoms with Crippen LogP contribution in [0.3, 0.4) is 0 Å². The van der Waals surface area contributed by atoms with Crippen molar-refractivity contribution < 1.29 is 4.79 Å². The van der Waals surface area contributed by atoms with Crippen molar-refractivity contribution in [2.24, 2.45) is 0 Å². The summed E-state index contributed by atoms with van der Waals surface area (Å²) >= 11 is 3.36. The van der Waals surface area contributed by atoms with Crippen molar-refractivity contribution in [1.82, 2.24) is 9.97 Å². The smallest absolute Gasteiger partial charge is 0.234 e. The zero-order chi connectivity index (χ0) is 20.5. The average Bonchev–Trinajstić information content (AvgIpc) is 3.03. The number of rotatable bonds is 5. The maximum Gasteiger partial charge on any atom is 0.234 e. The molecule has 0 fully saturated rings. The summed E-state index contributed by atoms with van der Waals surface area (Å²) in [6.07, 6.45) is 4.72. The molecule has 0 unspecified atom stereocenters. The summed E-state index contributed by atoms with van der Waals surface area (Å²) in [5.41, 5.74) is 4.58. The van der Waals surface area contributed by atoms with Crippen LogP contribution >= 0.6 is 23.1 Å². The van der Waals surface area contributed by atoms with E-state index in [1.54, 1.807) is 0 Å². The normalized spacial score (nSPS) is 13.7. The molecular weight excluding hydrogens is 398 g/mol. The number of thiophene rings is 1. The van der Waals surface area contributed by atoms with Crippen molar-refractivity contribution in [1.29, 1.82) is 0 Å². The Labute approximate surface area is 180 Å². The van der Waals surface area contributed by atoms with Gasteiger partial charge in [0.1, 0.15) is 15.7 Å². The van der Waals surface area contributed by atoms with E-state index >= 15 is 0 Å². The summed E-state index contributed by atoms with van der Waals surface area (Å²) in [7, 11) is 0. The number of nitrogens with one attached hydrogen (secondary N) is 1. The molecule has 3 aromatic rings. The molecule has 0 radical (unpaired) electrons. The van der Waals surface area contributed by atoms with Crippen LogP contribution < -0.4 is 5.32 Å². The van der Waals surface area contributed by atoms with Gasteiger partial charge in [0.15, 0.2) is 0 Å². The molecule has 1 aromatic carbocycles. The highest BCUT2D eigenvalue weighted by molar-refractivity contribution is 8.00. The third kappa shape index (κ3) is 4.48. The number of carbonyl (C=O) groups is 1. The fourth-order valence-electron chi connectivity index (χ4n) is 3.88.